The second kappa shape index (κ2) is 5.82. The third-order valence-electron chi connectivity index (χ3n) is 4.43. The number of hydrogen-bond donors (Lipinski definition) is 0. The average molecular weight is 311 g/mol. The predicted molar refractivity (Wildman–Crippen MR) is 100 cm³/mol. The topological polar surface area (TPSA) is 22.0 Å². The third-order valence-corrected chi connectivity index (χ3v) is 4.43. The van der Waals surface area contributed by atoms with Crippen molar-refractivity contribution in [1.82, 2.24) is 4.57 Å². The van der Waals surface area contributed by atoms with E-state index >= 15 is 0 Å². The van der Waals surface area contributed by atoms with Crippen LogP contribution in [0.3, 0.4) is 0 Å². The van der Waals surface area contributed by atoms with Gasteiger partial charge in [-0.05, 0) is 17.2 Å². The van der Waals surface area contributed by atoms with E-state index in [1.165, 1.54) is 0 Å². The first-order chi connectivity index (χ1) is 11.8. The van der Waals surface area contributed by atoms with Gasteiger partial charge in [0.1, 0.15) is 0 Å². The summed E-state index contributed by atoms with van der Waals surface area (Å²) >= 11 is 0. The number of fused-ring (bicyclic) bond motifs is 1. The molecule has 116 valence electrons. The van der Waals surface area contributed by atoms with Crippen LogP contribution in [0.25, 0.3) is 33.2 Å². The van der Waals surface area contributed by atoms with E-state index in [9.17, 15) is 4.79 Å². The molecule has 0 N–H and O–H groups in total. The fourth-order valence-corrected chi connectivity index (χ4v) is 3.27. The summed E-state index contributed by atoms with van der Waals surface area (Å²) in [5.74, 6) is 0. The number of aromatic nitrogens is 1. The Balaban J connectivity index is 2.23. The van der Waals surface area contributed by atoms with Gasteiger partial charge in [0.15, 0.2) is 0 Å². The largest absolute Gasteiger partial charge is 0.311 e. The second-order valence-electron chi connectivity index (χ2n) is 5.86. The molecule has 3 aromatic carbocycles. The van der Waals surface area contributed by atoms with Crippen molar-refractivity contribution in [3.8, 4) is 22.3 Å². The highest BCUT2D eigenvalue weighted by molar-refractivity contribution is 6.02. The van der Waals surface area contributed by atoms with Crippen molar-refractivity contribution in [1.29, 1.82) is 0 Å². The lowest BCUT2D eigenvalue weighted by molar-refractivity contribution is 0.909. The van der Waals surface area contributed by atoms with Crippen molar-refractivity contribution in [3.05, 3.63) is 95.3 Å². The summed E-state index contributed by atoms with van der Waals surface area (Å²) in [6, 6.07) is 28.1. The monoisotopic (exact) mass is 311 g/mol. The molecular weight excluding hydrogens is 294 g/mol. The van der Waals surface area contributed by atoms with Crippen molar-refractivity contribution in [2.75, 3.05) is 0 Å². The number of hydrogen-bond acceptors (Lipinski definition) is 1. The van der Waals surface area contributed by atoms with Crippen LogP contribution < -0.4 is 5.56 Å². The molecule has 4 aromatic rings. The van der Waals surface area contributed by atoms with Gasteiger partial charge in [-0.1, -0.05) is 78.9 Å². The maximum absolute atomic E-state index is 13.1. The molecule has 0 unspecified atom stereocenters. The first-order valence-corrected chi connectivity index (χ1v) is 8.00. The summed E-state index contributed by atoms with van der Waals surface area (Å²) in [5.41, 5.74) is 4.73. The molecule has 24 heavy (non-hydrogen) atoms. The minimum Gasteiger partial charge on any atom is -0.311 e. The molecule has 0 saturated heterocycles. The van der Waals surface area contributed by atoms with Crippen molar-refractivity contribution >= 4 is 10.9 Å². The molecule has 4 rings (SSSR count). The number of aryl methyl sites for hydroxylation is 1. The molecule has 0 aliphatic rings. The van der Waals surface area contributed by atoms with Crippen LogP contribution in [0.2, 0.25) is 0 Å². The Bertz CT molecular complexity index is 1060. The van der Waals surface area contributed by atoms with Crippen LogP contribution >= 0.6 is 0 Å². The van der Waals surface area contributed by atoms with Gasteiger partial charge in [0.2, 0.25) is 0 Å². The summed E-state index contributed by atoms with van der Waals surface area (Å²) < 4.78 is 1.74. The van der Waals surface area contributed by atoms with E-state index in [0.717, 1.165) is 33.2 Å². The van der Waals surface area contributed by atoms with Crippen LogP contribution in [0.4, 0.5) is 0 Å². The molecule has 2 heteroatoms. The zero-order valence-electron chi connectivity index (χ0n) is 13.4. The summed E-state index contributed by atoms with van der Waals surface area (Å²) in [6.07, 6.45) is 0. The number of para-hydroxylation sites is 1. The van der Waals surface area contributed by atoms with E-state index in [-0.39, 0.29) is 5.56 Å². The third kappa shape index (κ3) is 2.24. The summed E-state index contributed by atoms with van der Waals surface area (Å²) in [7, 11) is 1.84. The number of benzene rings is 3. The number of nitrogens with zero attached hydrogens (tertiary/aromatic N) is 1. The minimum atomic E-state index is 0.0266. The molecule has 0 radical (unpaired) electrons. The lowest BCUT2D eigenvalue weighted by Gasteiger charge is -2.16. The van der Waals surface area contributed by atoms with E-state index < -0.39 is 0 Å². The van der Waals surface area contributed by atoms with Crippen molar-refractivity contribution in [2.24, 2.45) is 7.05 Å². The molecule has 1 heterocycles. The lowest BCUT2D eigenvalue weighted by Crippen LogP contribution is -2.20. The van der Waals surface area contributed by atoms with E-state index in [1.54, 1.807) is 4.57 Å². The van der Waals surface area contributed by atoms with E-state index in [4.69, 9.17) is 0 Å². The average Bonchev–Trinajstić information content (AvgIpc) is 2.66. The van der Waals surface area contributed by atoms with Crippen LogP contribution in [0.1, 0.15) is 0 Å². The van der Waals surface area contributed by atoms with Gasteiger partial charge >= 0.3 is 0 Å². The van der Waals surface area contributed by atoms with Crippen LogP contribution in [0.5, 0.6) is 0 Å². The molecule has 0 fully saturated rings. The number of rotatable bonds is 2. The molecule has 0 aliphatic carbocycles. The van der Waals surface area contributed by atoms with Crippen LogP contribution in [-0.4, -0.2) is 4.57 Å². The SMILES string of the molecule is Cn1c(=O)c(-c2ccccc2)c(-c2ccccc2)c2ccccc21. The highest BCUT2D eigenvalue weighted by Gasteiger charge is 2.17. The van der Waals surface area contributed by atoms with Crippen molar-refractivity contribution < 1.29 is 0 Å². The van der Waals surface area contributed by atoms with E-state index in [2.05, 4.69) is 18.2 Å². The molecule has 0 spiro atoms. The Morgan fingerprint density at radius 1 is 0.625 bits per heavy atom. The second-order valence-corrected chi connectivity index (χ2v) is 5.86. The molecule has 1 aromatic heterocycles. The summed E-state index contributed by atoms with van der Waals surface area (Å²) in [5, 5.41) is 1.09. The molecule has 0 atom stereocenters. The summed E-state index contributed by atoms with van der Waals surface area (Å²) in [4.78, 5) is 13.1. The van der Waals surface area contributed by atoms with E-state index in [1.807, 2.05) is 73.8 Å². The molecule has 2 nitrogen and oxygen atoms in total. The molecular formula is C22H17NO. The normalized spacial score (nSPS) is 10.9. The van der Waals surface area contributed by atoms with Crippen molar-refractivity contribution in [2.45, 2.75) is 0 Å². The quantitative estimate of drug-likeness (QED) is 0.517. The standard InChI is InChI=1S/C22H17NO/c1-23-19-15-9-8-14-18(19)20(16-10-4-2-5-11-16)21(22(23)24)17-12-6-3-7-13-17/h2-15H,1H3. The Hall–Kier alpha value is -3.13. The van der Waals surface area contributed by atoms with Gasteiger partial charge in [-0.15, -0.1) is 0 Å². The highest BCUT2D eigenvalue weighted by atomic mass is 16.1. The van der Waals surface area contributed by atoms with Crippen LogP contribution in [0, 0.1) is 0 Å². The van der Waals surface area contributed by atoms with E-state index in [0.29, 0.717) is 0 Å². The zero-order chi connectivity index (χ0) is 16.5. The first-order valence-electron chi connectivity index (χ1n) is 8.00. The van der Waals surface area contributed by atoms with Gasteiger partial charge in [0.05, 0.1) is 11.1 Å². The predicted octanol–water partition coefficient (Wildman–Crippen LogP) is 4.87. The smallest absolute Gasteiger partial charge is 0.259 e. The highest BCUT2D eigenvalue weighted by Crippen LogP contribution is 2.35. The fourth-order valence-electron chi connectivity index (χ4n) is 3.27. The Labute approximate surface area is 140 Å². The lowest BCUT2D eigenvalue weighted by atomic mass is 9.92. The maximum Gasteiger partial charge on any atom is 0.259 e. The van der Waals surface area contributed by atoms with Gasteiger partial charge < -0.3 is 4.57 Å². The van der Waals surface area contributed by atoms with Gasteiger partial charge in [-0.25, -0.2) is 0 Å². The maximum atomic E-state index is 13.1. The van der Waals surface area contributed by atoms with Gasteiger partial charge in [-0.2, -0.15) is 0 Å². The minimum absolute atomic E-state index is 0.0266. The molecule has 0 aliphatic heterocycles. The van der Waals surface area contributed by atoms with Crippen molar-refractivity contribution in [3.63, 3.8) is 0 Å². The zero-order valence-corrected chi connectivity index (χ0v) is 13.4. The van der Waals surface area contributed by atoms with Gasteiger partial charge in [-0.3, -0.25) is 4.79 Å². The number of pyridine rings is 1. The Morgan fingerprint density at radius 2 is 1.12 bits per heavy atom. The molecule has 0 bridgehead atoms. The molecule has 0 amide bonds. The Kier molecular flexibility index (Phi) is 3.51. The Morgan fingerprint density at radius 3 is 1.75 bits per heavy atom. The summed E-state index contributed by atoms with van der Waals surface area (Å²) in [6.45, 7) is 0. The molecule has 0 saturated carbocycles. The van der Waals surface area contributed by atoms with Crippen LogP contribution in [-0.2, 0) is 7.05 Å². The van der Waals surface area contributed by atoms with Crippen LogP contribution in [0.15, 0.2) is 89.7 Å². The van der Waals surface area contributed by atoms with Gasteiger partial charge in [0, 0.05) is 18.0 Å². The first kappa shape index (κ1) is 14.5. The van der Waals surface area contributed by atoms with Gasteiger partial charge in [0.25, 0.3) is 5.56 Å². The fraction of sp³-hybridized carbons (Fsp3) is 0.0455.